The van der Waals surface area contributed by atoms with Crippen molar-refractivity contribution >= 4 is 10.0 Å². The Morgan fingerprint density at radius 2 is 2.00 bits per heavy atom. The monoisotopic (exact) mass is 313 g/mol. The second kappa shape index (κ2) is 6.10. The topological polar surface area (TPSA) is 54.3 Å². The molecule has 0 atom stereocenters. The van der Waals surface area contributed by atoms with E-state index in [0.29, 0.717) is 24.5 Å². The van der Waals surface area contributed by atoms with Crippen LogP contribution in [0.15, 0.2) is 17.2 Å². The minimum Gasteiger partial charge on any atom is -0.352 e. The fourth-order valence-corrected chi connectivity index (χ4v) is 4.44. The van der Waals surface area contributed by atoms with Crippen molar-refractivity contribution in [3.05, 3.63) is 18.0 Å². The lowest BCUT2D eigenvalue weighted by Crippen LogP contribution is -2.32. The van der Waals surface area contributed by atoms with Crippen molar-refractivity contribution in [1.29, 1.82) is 0 Å². The highest BCUT2D eigenvalue weighted by atomic mass is 32.2. The highest BCUT2D eigenvalue weighted by molar-refractivity contribution is 7.89. The number of rotatable bonds is 4. The van der Waals surface area contributed by atoms with Crippen LogP contribution in [-0.2, 0) is 23.6 Å². The summed E-state index contributed by atoms with van der Waals surface area (Å²) in [7, 11) is 0.375. The minimum absolute atomic E-state index is 0.234. The molecular weight excluding hydrogens is 286 g/mol. The molecule has 0 unspecified atom stereocenters. The van der Waals surface area contributed by atoms with Gasteiger partial charge in [0.25, 0.3) is 0 Å². The van der Waals surface area contributed by atoms with Crippen LogP contribution in [0.2, 0.25) is 0 Å². The average molecular weight is 313 g/mol. The third-order valence-electron chi connectivity index (χ3n) is 4.38. The second-order valence-electron chi connectivity index (χ2n) is 6.73. The van der Waals surface area contributed by atoms with Gasteiger partial charge in [-0.05, 0) is 37.8 Å². The normalized spacial score (nSPS) is 20.4. The number of sulfonamides is 1. The summed E-state index contributed by atoms with van der Waals surface area (Å²) in [6.07, 6.45) is 4.65. The fourth-order valence-electron chi connectivity index (χ4n) is 2.86. The maximum atomic E-state index is 12.8. The van der Waals surface area contributed by atoms with Gasteiger partial charge in [-0.2, -0.15) is 4.31 Å². The van der Waals surface area contributed by atoms with Gasteiger partial charge in [-0.3, -0.25) is 0 Å². The lowest BCUT2D eigenvalue weighted by atomic mass is 9.85. The van der Waals surface area contributed by atoms with E-state index >= 15 is 0 Å². The zero-order valence-electron chi connectivity index (χ0n) is 13.5. The first kappa shape index (κ1) is 16.5. The van der Waals surface area contributed by atoms with E-state index in [-0.39, 0.29) is 5.41 Å². The highest BCUT2D eigenvalue weighted by Gasteiger charge is 2.31. The number of hydrogen-bond acceptors (Lipinski definition) is 3. The fraction of sp³-hybridized carbons (Fsp3) is 0.733. The molecule has 2 rings (SSSR count). The van der Waals surface area contributed by atoms with Gasteiger partial charge in [-0.25, -0.2) is 8.42 Å². The van der Waals surface area contributed by atoms with Crippen LogP contribution in [0.25, 0.3) is 0 Å². The van der Waals surface area contributed by atoms with E-state index in [1.165, 1.54) is 0 Å². The van der Waals surface area contributed by atoms with Crippen LogP contribution < -0.4 is 5.32 Å². The quantitative estimate of drug-likeness (QED) is 0.924. The van der Waals surface area contributed by atoms with Crippen molar-refractivity contribution < 1.29 is 8.42 Å². The van der Waals surface area contributed by atoms with E-state index in [2.05, 4.69) is 19.2 Å². The summed E-state index contributed by atoms with van der Waals surface area (Å²) in [6, 6.07) is 1.78. The van der Waals surface area contributed by atoms with Crippen molar-refractivity contribution in [3.63, 3.8) is 0 Å². The predicted octanol–water partition coefficient (Wildman–Crippen LogP) is 1.95. The Kier molecular flexibility index (Phi) is 4.80. The summed E-state index contributed by atoms with van der Waals surface area (Å²) < 4.78 is 29.2. The minimum atomic E-state index is -3.37. The third kappa shape index (κ3) is 3.67. The molecule has 5 nitrogen and oxygen atoms in total. The molecule has 0 aromatic carbocycles. The first-order valence-corrected chi connectivity index (χ1v) is 9.00. The molecule has 0 spiro atoms. The van der Waals surface area contributed by atoms with Gasteiger partial charge in [0.05, 0.1) is 0 Å². The molecule has 1 saturated heterocycles. The van der Waals surface area contributed by atoms with Crippen LogP contribution in [0.3, 0.4) is 0 Å². The lowest BCUT2D eigenvalue weighted by Gasteiger charge is -2.22. The molecule has 1 aromatic rings. The van der Waals surface area contributed by atoms with Crippen LogP contribution in [0, 0.1) is 5.41 Å². The number of nitrogens with one attached hydrogen (secondary N) is 1. The van der Waals surface area contributed by atoms with Crippen molar-refractivity contribution in [2.75, 3.05) is 20.1 Å². The summed E-state index contributed by atoms with van der Waals surface area (Å²) in [5, 5.41) is 3.06. The molecule has 1 aliphatic heterocycles. The molecule has 1 fully saturated rings. The summed E-state index contributed by atoms with van der Waals surface area (Å²) >= 11 is 0. The van der Waals surface area contributed by atoms with E-state index in [0.717, 1.165) is 25.0 Å². The SMILES string of the molecule is CNCc1cc(S(=O)(=O)N2CCCC(C)(C)CC2)cn1C. The molecule has 0 saturated carbocycles. The molecule has 6 heteroatoms. The Labute approximate surface area is 128 Å². The molecule has 2 heterocycles. The predicted molar refractivity (Wildman–Crippen MR) is 84.6 cm³/mol. The number of hydrogen-bond donors (Lipinski definition) is 1. The maximum Gasteiger partial charge on any atom is 0.244 e. The first-order chi connectivity index (χ1) is 9.76. The maximum absolute atomic E-state index is 12.8. The van der Waals surface area contributed by atoms with Gasteiger partial charge in [0, 0.05) is 38.6 Å². The van der Waals surface area contributed by atoms with Crippen LogP contribution in [0.1, 0.15) is 38.8 Å². The summed E-state index contributed by atoms with van der Waals surface area (Å²) in [5.74, 6) is 0. The third-order valence-corrected chi connectivity index (χ3v) is 6.24. The smallest absolute Gasteiger partial charge is 0.244 e. The summed E-state index contributed by atoms with van der Waals surface area (Å²) in [5.41, 5.74) is 1.21. The zero-order chi connectivity index (χ0) is 15.7. The molecule has 1 aromatic heterocycles. The van der Waals surface area contributed by atoms with E-state index in [9.17, 15) is 8.42 Å². The van der Waals surface area contributed by atoms with E-state index in [1.807, 2.05) is 18.7 Å². The molecule has 0 amide bonds. The Balaban J connectivity index is 2.23. The van der Waals surface area contributed by atoms with Crippen molar-refractivity contribution in [1.82, 2.24) is 14.2 Å². The van der Waals surface area contributed by atoms with Crippen molar-refractivity contribution in [2.45, 2.75) is 44.6 Å². The standard InChI is InChI=1S/C15H27N3O2S/c1-15(2)6-5-8-18(9-7-15)21(19,20)14-10-13(11-16-3)17(4)12-14/h10,12,16H,5-9,11H2,1-4H3. The number of aryl methyl sites for hydroxylation is 1. The van der Waals surface area contributed by atoms with Gasteiger partial charge in [0.15, 0.2) is 0 Å². The molecule has 1 N–H and O–H groups in total. The van der Waals surface area contributed by atoms with Gasteiger partial charge in [-0.15, -0.1) is 0 Å². The molecule has 0 bridgehead atoms. The Hall–Kier alpha value is -0.850. The molecule has 21 heavy (non-hydrogen) atoms. The van der Waals surface area contributed by atoms with Crippen LogP contribution in [-0.4, -0.2) is 37.4 Å². The molecular formula is C15H27N3O2S. The van der Waals surface area contributed by atoms with E-state index < -0.39 is 10.0 Å². The van der Waals surface area contributed by atoms with Gasteiger partial charge >= 0.3 is 0 Å². The Bertz CT molecular complexity index is 590. The van der Waals surface area contributed by atoms with Crippen LogP contribution in [0.4, 0.5) is 0 Å². The molecule has 0 radical (unpaired) electrons. The number of aromatic nitrogens is 1. The Morgan fingerprint density at radius 1 is 1.29 bits per heavy atom. The largest absolute Gasteiger partial charge is 0.352 e. The van der Waals surface area contributed by atoms with Gasteiger partial charge in [0.2, 0.25) is 10.0 Å². The van der Waals surface area contributed by atoms with Crippen LogP contribution >= 0.6 is 0 Å². The van der Waals surface area contributed by atoms with Crippen molar-refractivity contribution in [2.24, 2.45) is 12.5 Å². The average Bonchev–Trinajstić information content (AvgIpc) is 2.65. The van der Waals surface area contributed by atoms with Gasteiger partial charge < -0.3 is 9.88 Å². The van der Waals surface area contributed by atoms with E-state index in [1.54, 1.807) is 16.6 Å². The zero-order valence-corrected chi connectivity index (χ0v) is 14.3. The molecule has 120 valence electrons. The second-order valence-corrected chi connectivity index (χ2v) is 8.67. The number of nitrogens with zero attached hydrogens (tertiary/aromatic N) is 2. The van der Waals surface area contributed by atoms with Crippen molar-refractivity contribution in [3.8, 4) is 0 Å². The Morgan fingerprint density at radius 3 is 2.67 bits per heavy atom. The first-order valence-electron chi connectivity index (χ1n) is 7.56. The van der Waals surface area contributed by atoms with Gasteiger partial charge in [-0.1, -0.05) is 13.8 Å². The van der Waals surface area contributed by atoms with Gasteiger partial charge in [0.1, 0.15) is 4.90 Å². The molecule has 0 aliphatic carbocycles. The molecule has 1 aliphatic rings. The lowest BCUT2D eigenvalue weighted by molar-refractivity contribution is 0.315. The van der Waals surface area contributed by atoms with E-state index in [4.69, 9.17) is 0 Å². The highest BCUT2D eigenvalue weighted by Crippen LogP contribution is 2.32. The van der Waals surface area contributed by atoms with Crippen LogP contribution in [0.5, 0.6) is 0 Å². The summed E-state index contributed by atoms with van der Waals surface area (Å²) in [4.78, 5) is 0.412. The summed E-state index contributed by atoms with van der Waals surface area (Å²) in [6.45, 7) is 6.35.